The Balaban J connectivity index is 1.72. The van der Waals surface area contributed by atoms with Gasteiger partial charge in [0, 0.05) is 10.3 Å². The first-order chi connectivity index (χ1) is 10.2. The van der Waals surface area contributed by atoms with E-state index >= 15 is 0 Å². The van der Waals surface area contributed by atoms with Crippen LogP contribution in [0.25, 0.3) is 11.0 Å². The summed E-state index contributed by atoms with van der Waals surface area (Å²) in [6, 6.07) is 13.5. The zero-order chi connectivity index (χ0) is 14.7. The third kappa shape index (κ3) is 3.32. The van der Waals surface area contributed by atoms with Crippen LogP contribution in [0.4, 0.5) is 0 Å². The molecule has 0 amide bonds. The van der Waals surface area contributed by atoms with E-state index in [0.717, 1.165) is 21.6 Å². The molecular formula is C16H15NO3S. The Labute approximate surface area is 126 Å². The van der Waals surface area contributed by atoms with E-state index in [-0.39, 0.29) is 12.5 Å². The number of fused-ring (bicyclic) bond motifs is 1. The number of aliphatic carboxylic acids is 1. The normalized spacial score (nSPS) is 12.6. The van der Waals surface area contributed by atoms with Crippen molar-refractivity contribution in [3.8, 4) is 0 Å². The van der Waals surface area contributed by atoms with Crippen molar-refractivity contribution in [3.63, 3.8) is 0 Å². The summed E-state index contributed by atoms with van der Waals surface area (Å²) in [7, 11) is 0. The molecule has 0 spiro atoms. The van der Waals surface area contributed by atoms with E-state index in [1.165, 1.54) is 0 Å². The highest BCUT2D eigenvalue weighted by Gasteiger charge is 2.16. The molecule has 1 unspecified atom stereocenters. The van der Waals surface area contributed by atoms with Gasteiger partial charge >= 0.3 is 5.97 Å². The molecule has 2 heterocycles. The fourth-order valence-corrected chi connectivity index (χ4v) is 3.09. The lowest BCUT2D eigenvalue weighted by Crippen LogP contribution is -2.22. The van der Waals surface area contributed by atoms with Gasteiger partial charge in [-0.05, 0) is 23.6 Å². The maximum absolute atomic E-state index is 11.0. The minimum absolute atomic E-state index is 0.0563. The first-order valence-electron chi connectivity index (χ1n) is 6.68. The highest BCUT2D eigenvalue weighted by atomic mass is 32.1. The minimum atomic E-state index is -0.814. The van der Waals surface area contributed by atoms with Crippen LogP contribution >= 0.6 is 11.3 Å². The Kier molecular flexibility index (Phi) is 4.03. The second kappa shape index (κ2) is 6.11. The number of hydrogen-bond acceptors (Lipinski definition) is 4. The van der Waals surface area contributed by atoms with Crippen LogP contribution in [0.3, 0.4) is 0 Å². The predicted octanol–water partition coefficient (Wildman–Crippen LogP) is 3.80. The lowest BCUT2D eigenvalue weighted by Gasteiger charge is -2.14. The topological polar surface area (TPSA) is 62.5 Å². The molecule has 108 valence electrons. The van der Waals surface area contributed by atoms with Crippen LogP contribution in [0.5, 0.6) is 0 Å². The van der Waals surface area contributed by atoms with Gasteiger partial charge < -0.3 is 14.8 Å². The number of benzene rings is 1. The molecule has 0 bridgehead atoms. The summed E-state index contributed by atoms with van der Waals surface area (Å²) in [5, 5.41) is 15.3. The van der Waals surface area contributed by atoms with Crippen LogP contribution in [-0.2, 0) is 11.3 Å². The van der Waals surface area contributed by atoms with Crippen molar-refractivity contribution in [2.24, 2.45) is 0 Å². The van der Waals surface area contributed by atoms with E-state index in [1.54, 1.807) is 11.3 Å². The first-order valence-corrected chi connectivity index (χ1v) is 7.56. The number of carboxylic acids is 1. The Morgan fingerprint density at radius 3 is 2.86 bits per heavy atom. The molecule has 0 fully saturated rings. The van der Waals surface area contributed by atoms with Crippen molar-refractivity contribution in [1.82, 2.24) is 5.32 Å². The summed E-state index contributed by atoms with van der Waals surface area (Å²) in [6.45, 7) is 0.504. The molecular weight excluding hydrogens is 286 g/mol. The van der Waals surface area contributed by atoms with E-state index in [1.807, 2.05) is 47.8 Å². The molecule has 4 nitrogen and oxygen atoms in total. The molecule has 0 radical (unpaired) electrons. The average molecular weight is 301 g/mol. The van der Waals surface area contributed by atoms with Crippen molar-refractivity contribution in [1.29, 1.82) is 0 Å². The molecule has 3 rings (SSSR count). The summed E-state index contributed by atoms with van der Waals surface area (Å²) in [4.78, 5) is 12.0. The lowest BCUT2D eigenvalue weighted by atomic mass is 10.1. The van der Waals surface area contributed by atoms with Gasteiger partial charge in [0.05, 0.1) is 19.0 Å². The molecule has 21 heavy (non-hydrogen) atoms. The summed E-state index contributed by atoms with van der Waals surface area (Å²) >= 11 is 1.56. The monoisotopic (exact) mass is 301 g/mol. The second-order valence-corrected chi connectivity index (χ2v) is 5.78. The van der Waals surface area contributed by atoms with Crippen LogP contribution in [0.2, 0.25) is 0 Å². The quantitative estimate of drug-likeness (QED) is 0.727. The number of carboxylic acid groups (broad SMARTS) is 1. The van der Waals surface area contributed by atoms with Crippen LogP contribution < -0.4 is 5.32 Å². The van der Waals surface area contributed by atoms with Gasteiger partial charge in [-0.25, -0.2) is 0 Å². The van der Waals surface area contributed by atoms with Gasteiger partial charge in [0.25, 0.3) is 0 Å². The van der Waals surface area contributed by atoms with E-state index < -0.39 is 5.97 Å². The third-order valence-corrected chi connectivity index (χ3v) is 4.25. The number of hydrogen-bond donors (Lipinski definition) is 2. The predicted molar refractivity (Wildman–Crippen MR) is 82.4 cm³/mol. The lowest BCUT2D eigenvalue weighted by molar-refractivity contribution is -0.137. The van der Waals surface area contributed by atoms with Crippen molar-refractivity contribution in [2.75, 3.05) is 0 Å². The minimum Gasteiger partial charge on any atom is -0.481 e. The Bertz CT molecular complexity index is 700. The van der Waals surface area contributed by atoms with Crippen LogP contribution in [-0.4, -0.2) is 11.1 Å². The molecule has 0 aliphatic heterocycles. The Morgan fingerprint density at radius 1 is 1.29 bits per heavy atom. The fourth-order valence-electron chi connectivity index (χ4n) is 2.29. The highest BCUT2D eigenvalue weighted by Crippen LogP contribution is 2.24. The van der Waals surface area contributed by atoms with Gasteiger partial charge in [-0.2, -0.15) is 0 Å². The number of carbonyl (C=O) groups is 1. The highest BCUT2D eigenvalue weighted by molar-refractivity contribution is 7.10. The molecule has 1 atom stereocenters. The third-order valence-electron chi connectivity index (χ3n) is 3.26. The molecule has 0 saturated heterocycles. The van der Waals surface area contributed by atoms with E-state index in [0.29, 0.717) is 6.54 Å². The van der Waals surface area contributed by atoms with Crippen molar-refractivity contribution in [2.45, 2.75) is 19.0 Å². The van der Waals surface area contributed by atoms with Crippen molar-refractivity contribution < 1.29 is 14.3 Å². The van der Waals surface area contributed by atoms with Gasteiger partial charge in [-0.15, -0.1) is 11.3 Å². The molecule has 1 aromatic carbocycles. The van der Waals surface area contributed by atoms with Gasteiger partial charge in [0.15, 0.2) is 0 Å². The molecule has 2 N–H and O–H groups in total. The molecule has 5 heteroatoms. The molecule has 2 aromatic heterocycles. The first kappa shape index (κ1) is 13.9. The van der Waals surface area contributed by atoms with Crippen LogP contribution in [0.15, 0.2) is 52.3 Å². The Hall–Kier alpha value is -2.11. The van der Waals surface area contributed by atoms with E-state index in [9.17, 15) is 4.79 Å². The second-order valence-electron chi connectivity index (χ2n) is 4.80. The van der Waals surface area contributed by atoms with Gasteiger partial charge in [-0.3, -0.25) is 4.79 Å². The summed E-state index contributed by atoms with van der Waals surface area (Å²) in [6.07, 6.45) is 0.0563. The Morgan fingerprint density at radius 2 is 2.14 bits per heavy atom. The van der Waals surface area contributed by atoms with Gasteiger partial charge in [-0.1, -0.05) is 24.3 Å². The maximum atomic E-state index is 11.0. The van der Waals surface area contributed by atoms with Crippen molar-refractivity contribution in [3.05, 3.63) is 58.5 Å². The van der Waals surface area contributed by atoms with E-state index in [2.05, 4.69) is 5.32 Å². The molecule has 0 aliphatic carbocycles. The fraction of sp³-hybridized carbons (Fsp3) is 0.188. The zero-order valence-electron chi connectivity index (χ0n) is 11.3. The van der Waals surface area contributed by atoms with Crippen LogP contribution in [0.1, 0.15) is 23.1 Å². The average Bonchev–Trinajstić information content (AvgIpc) is 3.11. The summed E-state index contributed by atoms with van der Waals surface area (Å²) in [5.41, 5.74) is 0.847. The largest absolute Gasteiger partial charge is 0.481 e. The molecule has 0 saturated carbocycles. The molecule has 3 aromatic rings. The van der Waals surface area contributed by atoms with Crippen LogP contribution in [0, 0.1) is 0 Å². The number of para-hydroxylation sites is 1. The summed E-state index contributed by atoms with van der Waals surface area (Å²) in [5.74, 6) is -0.00588. The SMILES string of the molecule is O=C(O)CC(NCc1cc2ccccc2o1)c1cccs1. The smallest absolute Gasteiger partial charge is 0.305 e. The van der Waals surface area contributed by atoms with Crippen molar-refractivity contribution >= 4 is 28.3 Å². The number of furan rings is 1. The standard InChI is InChI=1S/C16H15NO3S/c18-16(19)9-13(15-6-3-7-21-15)17-10-12-8-11-4-1-2-5-14(11)20-12/h1-8,13,17H,9-10H2,(H,18,19). The van der Waals surface area contributed by atoms with Gasteiger partial charge in [0.2, 0.25) is 0 Å². The number of nitrogens with one attached hydrogen (secondary N) is 1. The zero-order valence-corrected chi connectivity index (χ0v) is 12.1. The van der Waals surface area contributed by atoms with E-state index in [4.69, 9.17) is 9.52 Å². The summed E-state index contributed by atoms with van der Waals surface area (Å²) < 4.78 is 5.73. The number of thiophene rings is 1. The molecule has 0 aliphatic rings. The maximum Gasteiger partial charge on any atom is 0.305 e. The van der Waals surface area contributed by atoms with Gasteiger partial charge in [0.1, 0.15) is 11.3 Å². The number of rotatable bonds is 6.